The first-order valence-electron chi connectivity index (χ1n) is 9.09. The number of piperidine rings is 1. The molecule has 2 heterocycles. The van der Waals surface area contributed by atoms with Gasteiger partial charge in [0.05, 0.1) is 5.56 Å². The summed E-state index contributed by atoms with van der Waals surface area (Å²) in [6.45, 7) is 6.40. The molecule has 1 saturated heterocycles. The van der Waals surface area contributed by atoms with Gasteiger partial charge in [-0.1, -0.05) is 32.0 Å². The molecule has 1 atom stereocenters. The number of nitrogens with one attached hydrogen (secondary N) is 2. The van der Waals surface area contributed by atoms with Crippen molar-refractivity contribution in [2.45, 2.75) is 39.7 Å². The Hall–Kier alpha value is -2.63. The third-order valence-corrected chi connectivity index (χ3v) is 4.89. The van der Waals surface area contributed by atoms with Crippen LogP contribution in [-0.4, -0.2) is 46.6 Å². The topological polar surface area (TPSA) is 82.3 Å². The van der Waals surface area contributed by atoms with Crippen LogP contribution in [0.2, 0.25) is 0 Å². The Bertz CT molecular complexity index is 853. The van der Waals surface area contributed by atoms with Crippen LogP contribution in [0.5, 0.6) is 0 Å². The van der Waals surface area contributed by atoms with E-state index in [1.54, 1.807) is 4.90 Å². The number of Topliss-reactive ketones (excluding diaryl/α,β-unsaturated/α-hetero) is 1. The van der Waals surface area contributed by atoms with E-state index in [0.29, 0.717) is 24.3 Å². The SMILES string of the molecule is Cc1[nH]c2ccccc2c1C(=O)C(=O)N1CCC[C@@H](NC(=O)C(C)C)C1. The van der Waals surface area contributed by atoms with Gasteiger partial charge >= 0.3 is 0 Å². The van der Waals surface area contributed by atoms with E-state index in [-0.39, 0.29) is 17.9 Å². The minimum Gasteiger partial charge on any atom is -0.358 e. The Morgan fingerprint density at radius 1 is 1.23 bits per heavy atom. The molecule has 1 aromatic heterocycles. The lowest BCUT2D eigenvalue weighted by Crippen LogP contribution is -2.51. The Balaban J connectivity index is 1.76. The van der Waals surface area contributed by atoms with E-state index in [0.717, 1.165) is 23.7 Å². The van der Waals surface area contributed by atoms with Crippen molar-refractivity contribution in [3.63, 3.8) is 0 Å². The van der Waals surface area contributed by atoms with Gasteiger partial charge in [-0.15, -0.1) is 0 Å². The number of amides is 2. The van der Waals surface area contributed by atoms with Crippen LogP contribution in [0.4, 0.5) is 0 Å². The first-order valence-corrected chi connectivity index (χ1v) is 9.09. The zero-order valence-electron chi connectivity index (χ0n) is 15.5. The standard InChI is InChI=1S/C20H25N3O3/c1-12(2)19(25)22-14-7-6-10-23(11-14)20(26)18(24)17-13(3)21-16-9-5-4-8-15(16)17/h4-5,8-9,12,14,21H,6-7,10-11H2,1-3H3,(H,22,25)/t14-/m1/s1. The molecule has 2 N–H and O–H groups in total. The third kappa shape index (κ3) is 3.49. The fraction of sp³-hybridized carbons (Fsp3) is 0.450. The molecule has 3 rings (SSSR count). The monoisotopic (exact) mass is 355 g/mol. The molecular weight excluding hydrogens is 330 g/mol. The van der Waals surface area contributed by atoms with Crippen LogP contribution >= 0.6 is 0 Å². The molecule has 6 heteroatoms. The van der Waals surface area contributed by atoms with Crippen molar-refractivity contribution in [2.75, 3.05) is 13.1 Å². The number of carbonyl (C=O) groups excluding carboxylic acids is 3. The Kier molecular flexibility index (Phi) is 5.11. The number of aromatic amines is 1. The second kappa shape index (κ2) is 7.32. The first kappa shape index (κ1) is 18.2. The summed E-state index contributed by atoms with van der Waals surface area (Å²) in [5, 5.41) is 3.74. The van der Waals surface area contributed by atoms with Gasteiger partial charge in [0.15, 0.2) is 0 Å². The summed E-state index contributed by atoms with van der Waals surface area (Å²) in [5.41, 5.74) is 1.99. The van der Waals surface area contributed by atoms with Crippen molar-refractivity contribution in [3.05, 3.63) is 35.5 Å². The number of hydrogen-bond donors (Lipinski definition) is 2. The van der Waals surface area contributed by atoms with E-state index in [1.807, 2.05) is 45.0 Å². The Morgan fingerprint density at radius 3 is 2.69 bits per heavy atom. The van der Waals surface area contributed by atoms with E-state index in [4.69, 9.17) is 0 Å². The van der Waals surface area contributed by atoms with Gasteiger partial charge in [-0.2, -0.15) is 0 Å². The van der Waals surface area contributed by atoms with Gasteiger partial charge < -0.3 is 15.2 Å². The molecular formula is C20H25N3O3. The highest BCUT2D eigenvalue weighted by Gasteiger charge is 2.31. The van der Waals surface area contributed by atoms with Crippen molar-refractivity contribution in [2.24, 2.45) is 5.92 Å². The van der Waals surface area contributed by atoms with E-state index >= 15 is 0 Å². The summed E-state index contributed by atoms with van der Waals surface area (Å²) in [6, 6.07) is 7.39. The number of fused-ring (bicyclic) bond motifs is 1. The molecule has 138 valence electrons. The van der Waals surface area contributed by atoms with Crippen LogP contribution < -0.4 is 5.32 Å². The lowest BCUT2D eigenvalue weighted by molar-refractivity contribution is -0.130. The molecule has 2 aromatic rings. The van der Waals surface area contributed by atoms with Crippen molar-refractivity contribution >= 4 is 28.5 Å². The highest BCUT2D eigenvalue weighted by atomic mass is 16.2. The second-order valence-corrected chi connectivity index (χ2v) is 7.25. The summed E-state index contributed by atoms with van der Waals surface area (Å²) in [5.74, 6) is -1.11. The summed E-state index contributed by atoms with van der Waals surface area (Å²) < 4.78 is 0. The molecule has 1 aliphatic heterocycles. The summed E-state index contributed by atoms with van der Waals surface area (Å²) in [7, 11) is 0. The largest absolute Gasteiger partial charge is 0.358 e. The number of nitrogens with zero attached hydrogens (tertiary/aromatic N) is 1. The smallest absolute Gasteiger partial charge is 0.295 e. The van der Waals surface area contributed by atoms with Crippen LogP contribution in [0.1, 0.15) is 42.7 Å². The van der Waals surface area contributed by atoms with Crippen molar-refractivity contribution in [3.8, 4) is 0 Å². The van der Waals surface area contributed by atoms with Gasteiger partial charge in [-0.05, 0) is 25.8 Å². The number of H-pyrrole nitrogens is 1. The van der Waals surface area contributed by atoms with E-state index < -0.39 is 11.7 Å². The van der Waals surface area contributed by atoms with E-state index in [2.05, 4.69) is 10.3 Å². The molecule has 0 saturated carbocycles. The maximum absolute atomic E-state index is 12.9. The Morgan fingerprint density at radius 2 is 1.96 bits per heavy atom. The highest BCUT2D eigenvalue weighted by molar-refractivity contribution is 6.45. The van der Waals surface area contributed by atoms with E-state index in [1.165, 1.54) is 0 Å². The number of benzene rings is 1. The van der Waals surface area contributed by atoms with Crippen LogP contribution in [0, 0.1) is 12.8 Å². The normalized spacial score (nSPS) is 17.5. The zero-order chi connectivity index (χ0) is 18.8. The molecule has 0 bridgehead atoms. The van der Waals surface area contributed by atoms with Gasteiger partial charge in [-0.3, -0.25) is 14.4 Å². The van der Waals surface area contributed by atoms with E-state index in [9.17, 15) is 14.4 Å². The Labute approximate surface area is 152 Å². The number of ketones is 1. The predicted molar refractivity (Wildman–Crippen MR) is 99.9 cm³/mol. The maximum atomic E-state index is 12.9. The predicted octanol–water partition coefficient (Wildman–Crippen LogP) is 2.42. The molecule has 26 heavy (non-hydrogen) atoms. The lowest BCUT2D eigenvalue weighted by atomic mass is 10.0. The molecule has 1 aromatic carbocycles. The number of aryl methyl sites for hydroxylation is 1. The minimum absolute atomic E-state index is 0.0249. The van der Waals surface area contributed by atoms with Gasteiger partial charge in [0.25, 0.3) is 11.7 Å². The quantitative estimate of drug-likeness (QED) is 0.653. The average molecular weight is 355 g/mol. The number of aromatic nitrogens is 1. The fourth-order valence-electron chi connectivity index (χ4n) is 3.47. The number of para-hydroxylation sites is 1. The number of hydrogen-bond acceptors (Lipinski definition) is 3. The van der Waals surface area contributed by atoms with Crippen molar-refractivity contribution < 1.29 is 14.4 Å². The van der Waals surface area contributed by atoms with Crippen LogP contribution in [-0.2, 0) is 9.59 Å². The summed E-state index contributed by atoms with van der Waals surface area (Å²) in [6.07, 6.45) is 1.59. The highest BCUT2D eigenvalue weighted by Crippen LogP contribution is 2.23. The molecule has 0 spiro atoms. The summed E-state index contributed by atoms with van der Waals surface area (Å²) >= 11 is 0. The van der Waals surface area contributed by atoms with Gasteiger partial charge in [0, 0.05) is 41.6 Å². The molecule has 6 nitrogen and oxygen atoms in total. The fourth-order valence-corrected chi connectivity index (χ4v) is 3.47. The maximum Gasteiger partial charge on any atom is 0.295 e. The van der Waals surface area contributed by atoms with Crippen molar-refractivity contribution in [1.82, 2.24) is 15.2 Å². The molecule has 0 unspecified atom stereocenters. The number of rotatable bonds is 4. The molecule has 1 aliphatic rings. The number of likely N-dealkylation sites (tertiary alicyclic amines) is 1. The van der Waals surface area contributed by atoms with Crippen LogP contribution in [0.15, 0.2) is 24.3 Å². The third-order valence-electron chi connectivity index (χ3n) is 4.89. The van der Waals surface area contributed by atoms with Crippen LogP contribution in [0.25, 0.3) is 10.9 Å². The first-order chi connectivity index (χ1) is 12.4. The van der Waals surface area contributed by atoms with Crippen LogP contribution in [0.3, 0.4) is 0 Å². The van der Waals surface area contributed by atoms with Gasteiger partial charge in [0.2, 0.25) is 5.91 Å². The van der Waals surface area contributed by atoms with Gasteiger partial charge in [-0.25, -0.2) is 0 Å². The number of carbonyl (C=O) groups is 3. The molecule has 0 aliphatic carbocycles. The van der Waals surface area contributed by atoms with Crippen molar-refractivity contribution in [1.29, 1.82) is 0 Å². The molecule has 0 radical (unpaired) electrons. The molecule has 1 fully saturated rings. The minimum atomic E-state index is -0.499. The average Bonchev–Trinajstić information content (AvgIpc) is 2.96. The zero-order valence-corrected chi connectivity index (χ0v) is 15.5. The lowest BCUT2D eigenvalue weighted by Gasteiger charge is -2.33. The second-order valence-electron chi connectivity index (χ2n) is 7.25. The summed E-state index contributed by atoms with van der Waals surface area (Å²) in [4.78, 5) is 42.3. The molecule has 2 amide bonds. The van der Waals surface area contributed by atoms with Gasteiger partial charge in [0.1, 0.15) is 0 Å².